The Morgan fingerprint density at radius 1 is 1.14 bits per heavy atom. The van der Waals surface area contributed by atoms with Crippen LogP contribution in [0.5, 0.6) is 0 Å². The van der Waals surface area contributed by atoms with Gasteiger partial charge in [-0.1, -0.05) is 54.6 Å². The fourth-order valence-corrected chi connectivity index (χ4v) is 1.88. The van der Waals surface area contributed by atoms with Crippen LogP contribution in [-0.4, -0.2) is 12.5 Å². The van der Waals surface area contributed by atoms with Crippen molar-refractivity contribution in [3.63, 3.8) is 0 Å². The lowest BCUT2D eigenvalue weighted by molar-refractivity contribution is 0.0953. The first-order valence-electron chi connectivity index (χ1n) is 6.69. The van der Waals surface area contributed by atoms with Crippen LogP contribution < -0.4 is 11.3 Å². The first kappa shape index (κ1) is 15.0. The van der Waals surface area contributed by atoms with E-state index < -0.39 is 0 Å². The predicted molar refractivity (Wildman–Crippen MR) is 83.2 cm³/mol. The smallest absolute Gasteiger partial charge is 0.265 e. The van der Waals surface area contributed by atoms with E-state index in [0.29, 0.717) is 18.8 Å². The van der Waals surface area contributed by atoms with E-state index in [9.17, 15) is 4.79 Å². The molecule has 0 aliphatic heterocycles. The van der Waals surface area contributed by atoms with Gasteiger partial charge in [0.25, 0.3) is 5.91 Å². The van der Waals surface area contributed by atoms with Crippen LogP contribution in [0.1, 0.15) is 21.5 Å². The second kappa shape index (κ2) is 7.99. The second-order valence-electron chi connectivity index (χ2n) is 4.50. The summed E-state index contributed by atoms with van der Waals surface area (Å²) in [6, 6.07) is 17.2. The molecule has 0 saturated heterocycles. The second-order valence-corrected chi connectivity index (χ2v) is 4.50. The van der Waals surface area contributed by atoms with E-state index in [-0.39, 0.29) is 5.91 Å². The van der Waals surface area contributed by atoms with Crippen molar-refractivity contribution in [2.45, 2.75) is 6.61 Å². The number of nitrogens with one attached hydrogen (secondary N) is 1. The Kier molecular flexibility index (Phi) is 5.70. The molecule has 2 aromatic carbocycles. The van der Waals surface area contributed by atoms with Gasteiger partial charge in [-0.05, 0) is 23.3 Å². The van der Waals surface area contributed by atoms with Crippen LogP contribution in [0.3, 0.4) is 0 Å². The maximum absolute atomic E-state index is 11.4. The number of hydrogen-bond acceptors (Lipinski definition) is 3. The first-order chi connectivity index (χ1) is 10.3. The van der Waals surface area contributed by atoms with Crippen molar-refractivity contribution >= 4 is 12.0 Å². The Morgan fingerprint density at radius 3 is 2.71 bits per heavy atom. The standard InChI is InChI=1S/C17H18N2O2/c18-19-17(20)16-10-4-8-15(12-16)13-21-11-5-9-14-6-2-1-3-7-14/h1-10,12H,11,13,18H2,(H,19,20). The van der Waals surface area contributed by atoms with Crippen LogP contribution in [-0.2, 0) is 11.3 Å². The number of amides is 1. The van der Waals surface area contributed by atoms with Crippen LogP contribution in [0.15, 0.2) is 60.7 Å². The largest absolute Gasteiger partial charge is 0.373 e. The molecule has 0 saturated carbocycles. The van der Waals surface area contributed by atoms with E-state index in [0.717, 1.165) is 11.1 Å². The number of rotatable bonds is 6. The topological polar surface area (TPSA) is 64.3 Å². The van der Waals surface area contributed by atoms with Crippen molar-refractivity contribution in [2.24, 2.45) is 5.84 Å². The van der Waals surface area contributed by atoms with Gasteiger partial charge < -0.3 is 4.74 Å². The van der Waals surface area contributed by atoms with Crippen LogP contribution in [0.25, 0.3) is 6.08 Å². The van der Waals surface area contributed by atoms with Crippen molar-refractivity contribution in [3.05, 3.63) is 77.4 Å². The lowest BCUT2D eigenvalue weighted by Gasteiger charge is -2.04. The number of carbonyl (C=O) groups excluding carboxylic acids is 1. The molecule has 108 valence electrons. The zero-order chi connectivity index (χ0) is 14.9. The molecule has 21 heavy (non-hydrogen) atoms. The summed E-state index contributed by atoms with van der Waals surface area (Å²) in [5.74, 6) is 4.80. The molecule has 0 unspecified atom stereocenters. The molecule has 2 rings (SSSR count). The summed E-state index contributed by atoms with van der Waals surface area (Å²) >= 11 is 0. The van der Waals surface area contributed by atoms with Gasteiger partial charge in [-0.25, -0.2) is 5.84 Å². The Balaban J connectivity index is 1.81. The van der Waals surface area contributed by atoms with Gasteiger partial charge in [0, 0.05) is 5.56 Å². The van der Waals surface area contributed by atoms with Crippen molar-refractivity contribution < 1.29 is 9.53 Å². The van der Waals surface area contributed by atoms with Gasteiger partial charge in [-0.2, -0.15) is 0 Å². The summed E-state index contributed by atoms with van der Waals surface area (Å²) in [7, 11) is 0. The number of hydrogen-bond donors (Lipinski definition) is 2. The third kappa shape index (κ3) is 4.87. The SMILES string of the molecule is NNC(=O)c1cccc(COCC=Cc2ccccc2)c1. The molecule has 1 amide bonds. The summed E-state index contributed by atoms with van der Waals surface area (Å²) in [5, 5.41) is 0. The summed E-state index contributed by atoms with van der Waals surface area (Å²) in [4.78, 5) is 11.4. The molecular formula is C17H18N2O2. The molecule has 0 aromatic heterocycles. The van der Waals surface area contributed by atoms with Gasteiger partial charge in [0.1, 0.15) is 0 Å². The minimum atomic E-state index is -0.305. The van der Waals surface area contributed by atoms with Crippen LogP contribution in [0, 0.1) is 0 Å². The van der Waals surface area contributed by atoms with E-state index >= 15 is 0 Å². The summed E-state index contributed by atoms with van der Waals surface area (Å²) in [6.45, 7) is 0.965. The normalized spacial score (nSPS) is 10.7. The molecule has 4 heteroatoms. The minimum Gasteiger partial charge on any atom is -0.373 e. The number of hydrazine groups is 1. The van der Waals surface area contributed by atoms with E-state index in [1.54, 1.807) is 12.1 Å². The van der Waals surface area contributed by atoms with Gasteiger partial charge in [-0.3, -0.25) is 10.2 Å². The maximum atomic E-state index is 11.4. The predicted octanol–water partition coefficient (Wildman–Crippen LogP) is 2.52. The molecule has 2 aromatic rings. The molecule has 0 atom stereocenters. The van der Waals surface area contributed by atoms with Gasteiger partial charge >= 0.3 is 0 Å². The number of nitrogens with two attached hydrogens (primary N) is 1. The highest BCUT2D eigenvalue weighted by molar-refractivity contribution is 5.93. The quantitative estimate of drug-likeness (QED) is 0.370. The molecule has 3 N–H and O–H groups in total. The Labute approximate surface area is 124 Å². The highest BCUT2D eigenvalue weighted by Crippen LogP contribution is 2.07. The Bertz CT molecular complexity index is 609. The summed E-state index contributed by atoms with van der Waals surface area (Å²) in [5.41, 5.74) is 4.71. The zero-order valence-electron chi connectivity index (χ0n) is 11.7. The van der Waals surface area contributed by atoms with Gasteiger partial charge in [0.05, 0.1) is 13.2 Å². The average Bonchev–Trinajstić information content (AvgIpc) is 2.55. The minimum absolute atomic E-state index is 0.305. The van der Waals surface area contributed by atoms with E-state index in [1.807, 2.05) is 54.6 Å². The van der Waals surface area contributed by atoms with Crippen LogP contribution in [0.4, 0.5) is 0 Å². The van der Waals surface area contributed by atoms with Crippen molar-refractivity contribution in [1.29, 1.82) is 0 Å². The monoisotopic (exact) mass is 282 g/mol. The third-order valence-corrected chi connectivity index (χ3v) is 2.91. The van der Waals surface area contributed by atoms with Crippen molar-refractivity contribution in [1.82, 2.24) is 5.43 Å². The van der Waals surface area contributed by atoms with E-state index in [2.05, 4.69) is 5.43 Å². The molecule has 0 aliphatic carbocycles. The van der Waals surface area contributed by atoms with Crippen molar-refractivity contribution in [3.8, 4) is 0 Å². The Hall–Kier alpha value is -2.43. The fraction of sp³-hybridized carbons (Fsp3) is 0.118. The maximum Gasteiger partial charge on any atom is 0.265 e. The fourth-order valence-electron chi connectivity index (χ4n) is 1.88. The van der Waals surface area contributed by atoms with Crippen LogP contribution >= 0.6 is 0 Å². The molecule has 0 bridgehead atoms. The molecule has 0 heterocycles. The molecule has 0 spiro atoms. The lowest BCUT2D eigenvalue weighted by Crippen LogP contribution is -2.29. The Morgan fingerprint density at radius 2 is 1.95 bits per heavy atom. The molecule has 0 fully saturated rings. The number of nitrogen functional groups attached to an aromatic ring is 1. The number of benzene rings is 2. The average molecular weight is 282 g/mol. The van der Waals surface area contributed by atoms with Crippen LogP contribution in [0.2, 0.25) is 0 Å². The number of carbonyl (C=O) groups is 1. The summed E-state index contributed by atoms with van der Waals surface area (Å²) in [6.07, 6.45) is 3.98. The van der Waals surface area contributed by atoms with Gasteiger partial charge in [-0.15, -0.1) is 0 Å². The molecular weight excluding hydrogens is 264 g/mol. The van der Waals surface area contributed by atoms with Gasteiger partial charge in [0.15, 0.2) is 0 Å². The lowest BCUT2D eigenvalue weighted by atomic mass is 10.1. The zero-order valence-corrected chi connectivity index (χ0v) is 11.7. The van der Waals surface area contributed by atoms with E-state index in [1.165, 1.54) is 0 Å². The summed E-state index contributed by atoms with van der Waals surface area (Å²) < 4.78 is 5.56. The number of ether oxygens (including phenoxy) is 1. The highest BCUT2D eigenvalue weighted by atomic mass is 16.5. The van der Waals surface area contributed by atoms with Crippen molar-refractivity contribution in [2.75, 3.05) is 6.61 Å². The molecule has 4 nitrogen and oxygen atoms in total. The molecule has 0 aliphatic rings. The first-order valence-corrected chi connectivity index (χ1v) is 6.69. The van der Waals surface area contributed by atoms with Gasteiger partial charge in [0.2, 0.25) is 0 Å². The highest BCUT2D eigenvalue weighted by Gasteiger charge is 2.03. The van der Waals surface area contributed by atoms with E-state index in [4.69, 9.17) is 10.6 Å². The molecule has 0 radical (unpaired) electrons. The third-order valence-electron chi connectivity index (χ3n) is 2.91.